The molecular formula is C14H23NO2. The van der Waals surface area contributed by atoms with Crippen LogP contribution in [0.2, 0.25) is 0 Å². The van der Waals surface area contributed by atoms with Crippen molar-refractivity contribution in [3.63, 3.8) is 0 Å². The molecule has 96 valence electrons. The number of hydrogen-bond acceptors (Lipinski definition) is 3. The van der Waals surface area contributed by atoms with Crippen LogP contribution in [0.1, 0.15) is 38.7 Å². The van der Waals surface area contributed by atoms with Crippen LogP contribution in [-0.4, -0.2) is 23.9 Å². The average molecular weight is 237 g/mol. The van der Waals surface area contributed by atoms with Crippen molar-refractivity contribution < 1.29 is 9.84 Å². The maximum Gasteiger partial charge on any atom is 0.137 e. The van der Waals surface area contributed by atoms with Crippen molar-refractivity contribution in [2.45, 2.75) is 45.3 Å². The number of rotatable bonds is 6. The van der Waals surface area contributed by atoms with Gasteiger partial charge in [-0.05, 0) is 30.0 Å². The SMILES string of the molecule is CCC(N)C(CO)Oc1ccc(C(C)C)cc1. The summed E-state index contributed by atoms with van der Waals surface area (Å²) in [6.07, 6.45) is 0.458. The number of benzene rings is 1. The minimum absolute atomic E-state index is 0.0546. The summed E-state index contributed by atoms with van der Waals surface area (Å²) in [5.41, 5.74) is 7.14. The lowest BCUT2D eigenvalue weighted by molar-refractivity contribution is 0.0932. The number of nitrogens with two attached hydrogens (primary N) is 1. The van der Waals surface area contributed by atoms with Crippen molar-refractivity contribution in [3.8, 4) is 5.75 Å². The fourth-order valence-corrected chi connectivity index (χ4v) is 1.63. The quantitative estimate of drug-likeness (QED) is 0.798. The molecule has 0 saturated heterocycles. The Hall–Kier alpha value is -1.06. The maximum atomic E-state index is 9.23. The molecule has 0 heterocycles. The topological polar surface area (TPSA) is 55.5 Å². The van der Waals surface area contributed by atoms with Crippen LogP contribution in [0.4, 0.5) is 0 Å². The van der Waals surface area contributed by atoms with Gasteiger partial charge < -0.3 is 15.6 Å². The summed E-state index contributed by atoms with van der Waals surface area (Å²) in [6, 6.07) is 7.82. The van der Waals surface area contributed by atoms with Crippen LogP contribution in [0.3, 0.4) is 0 Å². The van der Waals surface area contributed by atoms with E-state index in [1.807, 2.05) is 31.2 Å². The largest absolute Gasteiger partial charge is 0.486 e. The first-order valence-electron chi connectivity index (χ1n) is 6.21. The van der Waals surface area contributed by atoms with Gasteiger partial charge in [0.15, 0.2) is 0 Å². The van der Waals surface area contributed by atoms with Crippen molar-refractivity contribution in [1.82, 2.24) is 0 Å². The number of aliphatic hydroxyl groups is 1. The molecule has 0 saturated carbocycles. The second-order valence-corrected chi connectivity index (χ2v) is 4.63. The Bertz CT molecular complexity index is 321. The third-order valence-corrected chi connectivity index (χ3v) is 2.96. The van der Waals surface area contributed by atoms with Gasteiger partial charge in [0.1, 0.15) is 11.9 Å². The van der Waals surface area contributed by atoms with Crippen molar-refractivity contribution in [2.75, 3.05) is 6.61 Å². The minimum atomic E-state index is -0.329. The molecule has 3 nitrogen and oxygen atoms in total. The molecule has 2 atom stereocenters. The Balaban J connectivity index is 2.67. The Morgan fingerprint density at radius 2 is 1.82 bits per heavy atom. The average Bonchev–Trinajstić information content (AvgIpc) is 2.35. The molecule has 1 aromatic carbocycles. The second kappa shape index (κ2) is 6.62. The van der Waals surface area contributed by atoms with Crippen LogP contribution < -0.4 is 10.5 Å². The first-order valence-corrected chi connectivity index (χ1v) is 6.21. The van der Waals surface area contributed by atoms with E-state index in [0.29, 0.717) is 5.92 Å². The molecule has 0 radical (unpaired) electrons. The van der Waals surface area contributed by atoms with Crippen LogP contribution >= 0.6 is 0 Å². The molecule has 0 aromatic heterocycles. The normalized spacial score (nSPS) is 14.7. The number of ether oxygens (including phenoxy) is 1. The van der Waals surface area contributed by atoms with Crippen LogP contribution in [0.5, 0.6) is 5.75 Å². The van der Waals surface area contributed by atoms with Gasteiger partial charge in [-0.15, -0.1) is 0 Å². The molecule has 0 aliphatic carbocycles. The van der Waals surface area contributed by atoms with E-state index in [1.165, 1.54) is 5.56 Å². The van der Waals surface area contributed by atoms with Crippen molar-refractivity contribution in [2.24, 2.45) is 5.73 Å². The van der Waals surface area contributed by atoms with Crippen LogP contribution in [0.25, 0.3) is 0 Å². The van der Waals surface area contributed by atoms with Crippen molar-refractivity contribution in [3.05, 3.63) is 29.8 Å². The zero-order chi connectivity index (χ0) is 12.8. The van der Waals surface area contributed by atoms with Gasteiger partial charge in [0.2, 0.25) is 0 Å². The van der Waals surface area contributed by atoms with E-state index in [-0.39, 0.29) is 18.8 Å². The van der Waals surface area contributed by atoms with Crippen LogP contribution in [0, 0.1) is 0 Å². The monoisotopic (exact) mass is 237 g/mol. The molecule has 0 spiro atoms. The fraction of sp³-hybridized carbons (Fsp3) is 0.571. The van der Waals surface area contributed by atoms with E-state index in [0.717, 1.165) is 12.2 Å². The molecule has 0 amide bonds. The lowest BCUT2D eigenvalue weighted by atomic mass is 10.0. The summed E-state index contributed by atoms with van der Waals surface area (Å²) in [5, 5.41) is 9.23. The van der Waals surface area contributed by atoms with E-state index in [9.17, 15) is 5.11 Å². The fourth-order valence-electron chi connectivity index (χ4n) is 1.63. The summed E-state index contributed by atoms with van der Waals surface area (Å²) in [5.74, 6) is 1.27. The molecule has 0 aliphatic rings. The highest BCUT2D eigenvalue weighted by Crippen LogP contribution is 2.20. The predicted octanol–water partition coefficient (Wildman–Crippen LogP) is 2.29. The van der Waals surface area contributed by atoms with Gasteiger partial charge in [0.05, 0.1) is 6.61 Å². The van der Waals surface area contributed by atoms with E-state index in [2.05, 4.69) is 13.8 Å². The third kappa shape index (κ3) is 4.02. The smallest absolute Gasteiger partial charge is 0.137 e. The van der Waals surface area contributed by atoms with Gasteiger partial charge in [-0.2, -0.15) is 0 Å². The molecule has 1 aromatic rings. The zero-order valence-electron chi connectivity index (χ0n) is 10.9. The van der Waals surface area contributed by atoms with E-state index in [1.54, 1.807) is 0 Å². The molecule has 3 N–H and O–H groups in total. The lowest BCUT2D eigenvalue weighted by Crippen LogP contribution is -2.41. The van der Waals surface area contributed by atoms with Gasteiger partial charge >= 0.3 is 0 Å². The van der Waals surface area contributed by atoms with Gasteiger partial charge in [-0.1, -0.05) is 32.9 Å². The number of aliphatic hydroxyl groups excluding tert-OH is 1. The maximum absolute atomic E-state index is 9.23. The Kier molecular flexibility index (Phi) is 5.45. The van der Waals surface area contributed by atoms with Gasteiger partial charge in [0.25, 0.3) is 0 Å². The first kappa shape index (κ1) is 14.0. The summed E-state index contributed by atoms with van der Waals surface area (Å²) >= 11 is 0. The van der Waals surface area contributed by atoms with Gasteiger partial charge in [-0.3, -0.25) is 0 Å². The summed E-state index contributed by atoms with van der Waals surface area (Å²) in [6.45, 7) is 6.23. The third-order valence-electron chi connectivity index (χ3n) is 2.96. The predicted molar refractivity (Wildman–Crippen MR) is 70.3 cm³/mol. The lowest BCUT2D eigenvalue weighted by Gasteiger charge is -2.22. The standard InChI is InChI=1S/C14H23NO2/c1-4-13(15)14(9-16)17-12-7-5-11(6-8-12)10(2)3/h5-8,10,13-14,16H,4,9,15H2,1-3H3. The molecule has 0 fully saturated rings. The van der Waals surface area contributed by atoms with E-state index >= 15 is 0 Å². The molecule has 3 heteroatoms. The molecule has 0 aliphatic heterocycles. The summed E-state index contributed by atoms with van der Waals surface area (Å²) in [4.78, 5) is 0. The van der Waals surface area contributed by atoms with E-state index < -0.39 is 0 Å². The minimum Gasteiger partial charge on any atom is -0.486 e. The molecule has 17 heavy (non-hydrogen) atoms. The van der Waals surface area contributed by atoms with Crippen molar-refractivity contribution >= 4 is 0 Å². The highest BCUT2D eigenvalue weighted by molar-refractivity contribution is 5.29. The molecule has 1 rings (SSSR count). The number of hydrogen-bond donors (Lipinski definition) is 2. The zero-order valence-corrected chi connectivity index (χ0v) is 10.9. The van der Waals surface area contributed by atoms with Gasteiger partial charge in [-0.25, -0.2) is 0 Å². The Labute approximate surface area is 104 Å². The van der Waals surface area contributed by atoms with Crippen LogP contribution in [-0.2, 0) is 0 Å². The highest BCUT2D eigenvalue weighted by Gasteiger charge is 2.16. The highest BCUT2D eigenvalue weighted by atomic mass is 16.5. The Morgan fingerprint density at radius 3 is 2.24 bits per heavy atom. The molecule has 0 bridgehead atoms. The Morgan fingerprint density at radius 1 is 1.24 bits per heavy atom. The summed E-state index contributed by atoms with van der Waals surface area (Å²) in [7, 11) is 0. The van der Waals surface area contributed by atoms with Crippen molar-refractivity contribution in [1.29, 1.82) is 0 Å². The van der Waals surface area contributed by atoms with Crippen LogP contribution in [0.15, 0.2) is 24.3 Å². The first-order chi connectivity index (χ1) is 8.08. The summed E-state index contributed by atoms with van der Waals surface area (Å²) < 4.78 is 5.68. The van der Waals surface area contributed by atoms with Gasteiger partial charge in [0, 0.05) is 6.04 Å². The molecule has 2 unspecified atom stereocenters. The second-order valence-electron chi connectivity index (χ2n) is 4.63. The molecular weight excluding hydrogens is 214 g/mol. The van der Waals surface area contributed by atoms with E-state index in [4.69, 9.17) is 10.5 Å².